The van der Waals surface area contributed by atoms with Crippen LogP contribution < -0.4 is 5.32 Å². The maximum atomic E-state index is 12.4. The molecule has 2 fully saturated rings. The van der Waals surface area contributed by atoms with Gasteiger partial charge in [-0.15, -0.1) is 0 Å². The zero-order chi connectivity index (χ0) is 17.0. The molecule has 2 aliphatic heterocycles. The third kappa shape index (κ3) is 3.52. The zero-order valence-corrected chi connectivity index (χ0v) is 13.7. The number of hydrogen-bond donors (Lipinski definition) is 1. The monoisotopic (exact) mass is 334 g/mol. The van der Waals surface area contributed by atoms with E-state index in [0.717, 1.165) is 0 Å². The summed E-state index contributed by atoms with van der Waals surface area (Å²) >= 11 is 0. The number of para-hydroxylation sites is 1. The smallest absolute Gasteiger partial charge is 0.339 e. The van der Waals surface area contributed by atoms with Crippen LogP contribution in [0.1, 0.15) is 23.2 Å². The van der Waals surface area contributed by atoms with Gasteiger partial charge in [-0.25, -0.2) is 4.79 Å². The van der Waals surface area contributed by atoms with Crippen LogP contribution in [0.25, 0.3) is 0 Å². The summed E-state index contributed by atoms with van der Waals surface area (Å²) in [5, 5.41) is 3.03. The largest absolute Gasteiger partial charge is 0.465 e. The molecule has 3 rings (SSSR count). The minimum Gasteiger partial charge on any atom is -0.465 e. The van der Waals surface area contributed by atoms with E-state index in [1.54, 1.807) is 29.2 Å². The van der Waals surface area contributed by atoms with E-state index in [-0.39, 0.29) is 12.5 Å². The maximum absolute atomic E-state index is 12.4. The highest BCUT2D eigenvalue weighted by Crippen LogP contribution is 2.31. The van der Waals surface area contributed by atoms with Crippen LogP contribution in [0.2, 0.25) is 0 Å². The molecule has 130 valence electrons. The van der Waals surface area contributed by atoms with Crippen LogP contribution in [0.15, 0.2) is 24.3 Å². The second-order valence-corrected chi connectivity index (χ2v) is 5.88. The standard InChI is InChI=1S/C17H22N2O5/c1-22-16(21)13-4-2-3-5-14(13)18-12-15(20)19-8-6-17(7-9-19)23-10-11-24-17/h2-5,18H,6-12H2,1H3. The van der Waals surface area contributed by atoms with Gasteiger partial charge in [-0.05, 0) is 12.1 Å². The molecule has 1 spiro atoms. The average Bonchev–Trinajstić information content (AvgIpc) is 3.08. The number of piperidine rings is 1. The highest BCUT2D eigenvalue weighted by Gasteiger charge is 2.40. The van der Waals surface area contributed by atoms with Gasteiger partial charge >= 0.3 is 5.97 Å². The molecule has 0 radical (unpaired) electrons. The maximum Gasteiger partial charge on any atom is 0.339 e. The van der Waals surface area contributed by atoms with Crippen molar-refractivity contribution in [2.75, 3.05) is 45.3 Å². The number of nitrogens with zero attached hydrogens (tertiary/aromatic N) is 1. The first kappa shape index (κ1) is 16.7. The van der Waals surface area contributed by atoms with E-state index in [9.17, 15) is 9.59 Å². The molecule has 0 aliphatic carbocycles. The Balaban J connectivity index is 1.54. The van der Waals surface area contributed by atoms with Gasteiger partial charge in [0.05, 0.1) is 32.4 Å². The van der Waals surface area contributed by atoms with Crippen molar-refractivity contribution in [3.8, 4) is 0 Å². The third-order valence-corrected chi connectivity index (χ3v) is 4.45. The predicted molar refractivity (Wildman–Crippen MR) is 86.7 cm³/mol. The number of esters is 1. The van der Waals surface area contributed by atoms with Crippen molar-refractivity contribution >= 4 is 17.6 Å². The molecule has 2 aliphatic rings. The molecule has 0 aromatic heterocycles. The molecule has 7 nitrogen and oxygen atoms in total. The predicted octanol–water partition coefficient (Wildman–Crippen LogP) is 1.25. The molecule has 1 N–H and O–H groups in total. The van der Waals surface area contributed by atoms with Crippen molar-refractivity contribution < 1.29 is 23.8 Å². The summed E-state index contributed by atoms with van der Waals surface area (Å²) in [5.41, 5.74) is 1.01. The summed E-state index contributed by atoms with van der Waals surface area (Å²) in [6, 6.07) is 6.98. The number of methoxy groups -OCH3 is 1. The topological polar surface area (TPSA) is 77.1 Å². The number of ether oxygens (including phenoxy) is 3. The first-order valence-electron chi connectivity index (χ1n) is 8.10. The number of amides is 1. The van der Waals surface area contributed by atoms with Crippen LogP contribution in [0.4, 0.5) is 5.69 Å². The minimum absolute atomic E-state index is 0.0116. The highest BCUT2D eigenvalue weighted by molar-refractivity contribution is 5.96. The van der Waals surface area contributed by atoms with Crippen LogP contribution in [-0.2, 0) is 19.0 Å². The van der Waals surface area contributed by atoms with E-state index >= 15 is 0 Å². The van der Waals surface area contributed by atoms with Crippen LogP contribution in [0.5, 0.6) is 0 Å². The van der Waals surface area contributed by atoms with Gasteiger partial charge in [0.2, 0.25) is 5.91 Å². The van der Waals surface area contributed by atoms with Crippen LogP contribution >= 0.6 is 0 Å². The number of benzene rings is 1. The molecule has 0 unspecified atom stereocenters. The van der Waals surface area contributed by atoms with E-state index in [0.29, 0.717) is 50.4 Å². The number of likely N-dealkylation sites (tertiary alicyclic amines) is 1. The van der Waals surface area contributed by atoms with Gasteiger partial charge in [-0.3, -0.25) is 4.79 Å². The summed E-state index contributed by atoms with van der Waals surface area (Å²) in [7, 11) is 1.33. The third-order valence-electron chi connectivity index (χ3n) is 4.45. The molecule has 1 amide bonds. The summed E-state index contributed by atoms with van der Waals surface area (Å²) in [6.07, 6.45) is 1.38. The molecule has 24 heavy (non-hydrogen) atoms. The van der Waals surface area contributed by atoms with Crippen molar-refractivity contribution in [2.45, 2.75) is 18.6 Å². The Kier molecular flexibility index (Phi) is 5.01. The van der Waals surface area contributed by atoms with Crippen molar-refractivity contribution in [2.24, 2.45) is 0 Å². The number of hydrogen-bond acceptors (Lipinski definition) is 6. The molecular formula is C17H22N2O5. The second kappa shape index (κ2) is 7.19. The summed E-state index contributed by atoms with van der Waals surface area (Å²) < 4.78 is 16.1. The van der Waals surface area contributed by atoms with E-state index in [1.165, 1.54) is 7.11 Å². The molecule has 2 heterocycles. The Labute approximate surface area is 140 Å². The van der Waals surface area contributed by atoms with E-state index in [1.807, 2.05) is 0 Å². The summed E-state index contributed by atoms with van der Waals surface area (Å²) in [6.45, 7) is 2.60. The van der Waals surface area contributed by atoms with Crippen LogP contribution in [0.3, 0.4) is 0 Å². The fourth-order valence-corrected chi connectivity index (χ4v) is 3.09. The molecule has 2 saturated heterocycles. The van der Waals surface area contributed by atoms with Gasteiger partial charge < -0.3 is 24.4 Å². The van der Waals surface area contributed by atoms with Gasteiger partial charge in [-0.2, -0.15) is 0 Å². The van der Waals surface area contributed by atoms with Crippen molar-refractivity contribution in [1.29, 1.82) is 0 Å². The number of nitrogens with one attached hydrogen (secondary N) is 1. The molecule has 7 heteroatoms. The fraction of sp³-hybridized carbons (Fsp3) is 0.529. The molecular weight excluding hydrogens is 312 g/mol. The van der Waals surface area contributed by atoms with Crippen LogP contribution in [-0.4, -0.2) is 62.5 Å². The quantitative estimate of drug-likeness (QED) is 0.835. The Morgan fingerprint density at radius 1 is 1.21 bits per heavy atom. The number of carbonyl (C=O) groups is 2. The SMILES string of the molecule is COC(=O)c1ccccc1NCC(=O)N1CCC2(CC1)OCCO2. The molecule has 1 aromatic rings. The molecule has 0 saturated carbocycles. The van der Waals surface area contributed by atoms with Gasteiger partial charge in [0.15, 0.2) is 5.79 Å². The Morgan fingerprint density at radius 3 is 2.54 bits per heavy atom. The molecule has 1 aromatic carbocycles. The van der Waals surface area contributed by atoms with E-state index < -0.39 is 11.8 Å². The van der Waals surface area contributed by atoms with E-state index in [2.05, 4.69) is 5.32 Å². The number of rotatable bonds is 4. The Bertz CT molecular complexity index is 603. The second-order valence-electron chi connectivity index (χ2n) is 5.88. The first-order chi connectivity index (χ1) is 11.6. The Hall–Kier alpha value is -2.12. The van der Waals surface area contributed by atoms with Gasteiger partial charge in [-0.1, -0.05) is 12.1 Å². The zero-order valence-electron chi connectivity index (χ0n) is 13.7. The lowest BCUT2D eigenvalue weighted by atomic mass is 10.0. The average molecular weight is 334 g/mol. The van der Waals surface area contributed by atoms with Gasteiger partial charge in [0, 0.05) is 31.6 Å². The van der Waals surface area contributed by atoms with Crippen LogP contribution in [0, 0.1) is 0 Å². The first-order valence-corrected chi connectivity index (χ1v) is 8.10. The minimum atomic E-state index is -0.484. The van der Waals surface area contributed by atoms with Crippen molar-refractivity contribution in [1.82, 2.24) is 4.90 Å². The molecule has 0 atom stereocenters. The lowest BCUT2D eigenvalue weighted by molar-refractivity contribution is -0.187. The lowest BCUT2D eigenvalue weighted by Gasteiger charge is -2.37. The Morgan fingerprint density at radius 2 is 1.88 bits per heavy atom. The van der Waals surface area contributed by atoms with Gasteiger partial charge in [0.1, 0.15) is 0 Å². The van der Waals surface area contributed by atoms with Gasteiger partial charge in [0.25, 0.3) is 0 Å². The number of anilines is 1. The fourth-order valence-electron chi connectivity index (χ4n) is 3.09. The number of carbonyl (C=O) groups excluding carboxylic acids is 2. The molecule has 0 bridgehead atoms. The van der Waals surface area contributed by atoms with Crippen molar-refractivity contribution in [3.63, 3.8) is 0 Å². The normalized spacial score (nSPS) is 19.3. The van der Waals surface area contributed by atoms with Crippen molar-refractivity contribution in [3.05, 3.63) is 29.8 Å². The highest BCUT2D eigenvalue weighted by atomic mass is 16.7. The lowest BCUT2D eigenvalue weighted by Crippen LogP contribution is -2.48. The summed E-state index contributed by atoms with van der Waals surface area (Å²) in [5.74, 6) is -0.926. The van der Waals surface area contributed by atoms with E-state index in [4.69, 9.17) is 14.2 Å². The summed E-state index contributed by atoms with van der Waals surface area (Å²) in [4.78, 5) is 25.9.